The third kappa shape index (κ3) is 2.41. The largest absolute Gasteiger partial charge is 0.383 e. The van der Waals surface area contributed by atoms with Crippen LogP contribution < -0.4 is 5.73 Å². The monoisotopic (exact) mass is 338 g/mol. The van der Waals surface area contributed by atoms with Gasteiger partial charge in [-0.3, -0.25) is 4.68 Å². The Bertz CT molecular complexity index is 802. The van der Waals surface area contributed by atoms with E-state index in [9.17, 15) is 0 Å². The summed E-state index contributed by atoms with van der Waals surface area (Å²) < 4.78 is 1.62. The minimum atomic E-state index is 0.519. The van der Waals surface area contributed by atoms with Crippen LogP contribution in [0.1, 0.15) is 5.01 Å². The van der Waals surface area contributed by atoms with E-state index in [0.29, 0.717) is 21.4 Å². The molecule has 3 aromatic rings. The van der Waals surface area contributed by atoms with Gasteiger partial charge in [-0.15, -0.1) is 11.3 Å². The van der Waals surface area contributed by atoms with Gasteiger partial charge in [0.15, 0.2) is 0 Å². The van der Waals surface area contributed by atoms with Crippen molar-refractivity contribution in [2.24, 2.45) is 7.05 Å². The van der Waals surface area contributed by atoms with Crippen molar-refractivity contribution in [3.8, 4) is 21.7 Å². The number of nitrogens with zero attached hydrogens (tertiary/aromatic N) is 3. The van der Waals surface area contributed by atoms with Crippen molar-refractivity contribution in [3.63, 3.8) is 0 Å². The lowest BCUT2D eigenvalue weighted by Gasteiger charge is -2.07. The molecule has 4 nitrogen and oxygen atoms in total. The normalized spacial score (nSPS) is 11.0. The molecule has 21 heavy (non-hydrogen) atoms. The van der Waals surface area contributed by atoms with Gasteiger partial charge in [0.05, 0.1) is 25.5 Å². The highest BCUT2D eigenvalue weighted by Gasteiger charge is 2.22. The number of aromatic nitrogens is 3. The van der Waals surface area contributed by atoms with Crippen molar-refractivity contribution in [3.05, 3.63) is 39.4 Å². The molecule has 0 saturated heterocycles. The molecule has 3 rings (SSSR count). The van der Waals surface area contributed by atoms with E-state index in [1.54, 1.807) is 47.5 Å². The quantitative estimate of drug-likeness (QED) is 0.752. The van der Waals surface area contributed by atoms with Gasteiger partial charge in [0.1, 0.15) is 11.5 Å². The molecule has 108 valence electrons. The number of nitrogen functional groups attached to an aromatic ring is 1. The molecule has 7 heteroatoms. The number of rotatable bonds is 2. The maximum Gasteiger partial charge on any atom is 0.130 e. The third-order valence-corrected chi connectivity index (χ3v) is 4.71. The Balaban J connectivity index is 2.32. The molecular weight excluding hydrogens is 327 g/mol. The standard InChI is InChI=1S/C14H12Cl2N4S/c1-7-18-6-10(21-7)13-12(14(17)20(2)19-13)11-8(15)4-3-5-9(11)16/h3-6H,17H2,1-2H3. The number of hydrogen-bond acceptors (Lipinski definition) is 4. The van der Waals surface area contributed by atoms with E-state index in [-0.39, 0.29) is 0 Å². The van der Waals surface area contributed by atoms with E-state index >= 15 is 0 Å². The second kappa shape index (κ2) is 5.33. The molecule has 0 radical (unpaired) electrons. The molecule has 0 saturated carbocycles. The van der Waals surface area contributed by atoms with Crippen molar-refractivity contribution in [2.75, 3.05) is 5.73 Å². The lowest BCUT2D eigenvalue weighted by molar-refractivity contribution is 0.783. The van der Waals surface area contributed by atoms with E-state index in [1.165, 1.54) is 0 Å². The average molecular weight is 339 g/mol. The minimum absolute atomic E-state index is 0.519. The number of anilines is 1. The summed E-state index contributed by atoms with van der Waals surface area (Å²) in [5.74, 6) is 0.519. The highest BCUT2D eigenvalue weighted by molar-refractivity contribution is 7.15. The Morgan fingerprint density at radius 1 is 1.19 bits per heavy atom. The Morgan fingerprint density at radius 3 is 2.43 bits per heavy atom. The summed E-state index contributed by atoms with van der Waals surface area (Å²) in [5, 5.41) is 6.55. The average Bonchev–Trinajstić information content (AvgIpc) is 2.97. The molecule has 2 aromatic heterocycles. The molecule has 1 aromatic carbocycles. The van der Waals surface area contributed by atoms with E-state index in [0.717, 1.165) is 21.1 Å². The molecule has 0 spiro atoms. The topological polar surface area (TPSA) is 56.7 Å². The first-order valence-corrected chi connectivity index (χ1v) is 7.76. The zero-order valence-electron chi connectivity index (χ0n) is 11.4. The van der Waals surface area contributed by atoms with Crippen LogP contribution in [0, 0.1) is 6.92 Å². The SMILES string of the molecule is Cc1ncc(-c2nn(C)c(N)c2-c2c(Cl)cccc2Cl)s1. The second-order valence-electron chi connectivity index (χ2n) is 4.57. The van der Waals surface area contributed by atoms with Gasteiger partial charge in [0, 0.05) is 18.8 Å². The van der Waals surface area contributed by atoms with Crippen LogP contribution in [0.4, 0.5) is 5.82 Å². The number of aryl methyl sites for hydroxylation is 2. The fraction of sp³-hybridized carbons (Fsp3) is 0.143. The molecule has 2 heterocycles. The van der Waals surface area contributed by atoms with E-state index in [1.807, 2.05) is 6.92 Å². The van der Waals surface area contributed by atoms with Crippen LogP contribution in [0.15, 0.2) is 24.4 Å². The zero-order valence-corrected chi connectivity index (χ0v) is 13.7. The second-order valence-corrected chi connectivity index (χ2v) is 6.62. The first-order chi connectivity index (χ1) is 9.99. The fourth-order valence-electron chi connectivity index (χ4n) is 2.16. The molecule has 0 bridgehead atoms. The number of nitrogens with two attached hydrogens (primary N) is 1. The molecular formula is C14H12Cl2N4S. The highest BCUT2D eigenvalue weighted by Crippen LogP contribution is 2.43. The van der Waals surface area contributed by atoms with Crippen molar-refractivity contribution in [1.82, 2.24) is 14.8 Å². The molecule has 0 aliphatic rings. The van der Waals surface area contributed by atoms with Crippen LogP contribution in [0.25, 0.3) is 21.7 Å². The first-order valence-electron chi connectivity index (χ1n) is 6.18. The predicted molar refractivity (Wildman–Crippen MR) is 88.9 cm³/mol. The predicted octanol–water partition coefficient (Wildman–Crippen LogP) is 4.41. The lowest BCUT2D eigenvalue weighted by Crippen LogP contribution is -1.98. The highest BCUT2D eigenvalue weighted by atomic mass is 35.5. The molecule has 0 aliphatic heterocycles. The van der Waals surface area contributed by atoms with Gasteiger partial charge >= 0.3 is 0 Å². The fourth-order valence-corrected chi connectivity index (χ4v) is 3.52. The summed E-state index contributed by atoms with van der Waals surface area (Å²) in [6, 6.07) is 5.38. The Hall–Kier alpha value is -1.56. The summed E-state index contributed by atoms with van der Waals surface area (Å²) >= 11 is 14.2. The summed E-state index contributed by atoms with van der Waals surface area (Å²) in [6.07, 6.45) is 1.79. The van der Waals surface area contributed by atoms with Crippen molar-refractivity contribution < 1.29 is 0 Å². The number of halogens is 2. The van der Waals surface area contributed by atoms with Gasteiger partial charge in [0.25, 0.3) is 0 Å². The maximum atomic E-state index is 6.32. The molecule has 0 amide bonds. The van der Waals surface area contributed by atoms with Crippen molar-refractivity contribution in [1.29, 1.82) is 0 Å². The van der Waals surface area contributed by atoms with Gasteiger partial charge in [-0.2, -0.15) is 5.10 Å². The zero-order chi connectivity index (χ0) is 15.1. The Kier molecular flexibility index (Phi) is 3.65. The molecule has 0 aliphatic carbocycles. The van der Waals surface area contributed by atoms with E-state index < -0.39 is 0 Å². The van der Waals surface area contributed by atoms with Gasteiger partial charge in [-0.1, -0.05) is 29.3 Å². The number of hydrogen-bond donors (Lipinski definition) is 1. The Labute approximate surface area is 136 Å². The van der Waals surface area contributed by atoms with Gasteiger partial charge in [-0.25, -0.2) is 4.98 Å². The molecule has 0 fully saturated rings. The van der Waals surface area contributed by atoms with Gasteiger partial charge < -0.3 is 5.73 Å². The van der Waals surface area contributed by atoms with Crippen LogP contribution in [0.3, 0.4) is 0 Å². The first kappa shape index (κ1) is 14.4. The van der Waals surface area contributed by atoms with Gasteiger partial charge in [0.2, 0.25) is 0 Å². The van der Waals surface area contributed by atoms with E-state index in [2.05, 4.69) is 10.1 Å². The molecule has 0 unspecified atom stereocenters. The van der Waals surface area contributed by atoms with E-state index in [4.69, 9.17) is 28.9 Å². The minimum Gasteiger partial charge on any atom is -0.383 e. The third-order valence-electron chi connectivity index (χ3n) is 3.16. The molecule has 0 atom stereocenters. The summed E-state index contributed by atoms with van der Waals surface area (Å²) in [4.78, 5) is 5.21. The Morgan fingerprint density at radius 2 is 1.86 bits per heavy atom. The van der Waals surface area contributed by atoms with Gasteiger partial charge in [-0.05, 0) is 19.1 Å². The molecule has 2 N–H and O–H groups in total. The van der Waals surface area contributed by atoms with Crippen LogP contribution in [0.2, 0.25) is 10.0 Å². The summed E-state index contributed by atoms with van der Waals surface area (Å²) in [7, 11) is 1.79. The van der Waals surface area contributed by atoms with Crippen molar-refractivity contribution in [2.45, 2.75) is 6.92 Å². The van der Waals surface area contributed by atoms with Crippen LogP contribution in [-0.4, -0.2) is 14.8 Å². The number of benzene rings is 1. The number of thiazole rings is 1. The summed E-state index contributed by atoms with van der Waals surface area (Å²) in [6.45, 7) is 1.95. The maximum absolute atomic E-state index is 6.32. The van der Waals surface area contributed by atoms with Crippen LogP contribution in [-0.2, 0) is 7.05 Å². The van der Waals surface area contributed by atoms with Crippen LogP contribution in [0.5, 0.6) is 0 Å². The van der Waals surface area contributed by atoms with Crippen LogP contribution >= 0.6 is 34.5 Å². The summed E-state index contributed by atoms with van der Waals surface area (Å²) in [5.41, 5.74) is 8.38. The lowest BCUT2D eigenvalue weighted by atomic mass is 10.0. The smallest absolute Gasteiger partial charge is 0.130 e. The van der Waals surface area contributed by atoms with Crippen molar-refractivity contribution >= 4 is 40.4 Å².